The van der Waals surface area contributed by atoms with Crippen LogP contribution in [0.1, 0.15) is 19.5 Å². The Balaban J connectivity index is 2.63. The summed E-state index contributed by atoms with van der Waals surface area (Å²) in [5.41, 5.74) is 1.35. The van der Waals surface area contributed by atoms with Gasteiger partial charge in [0.25, 0.3) is 5.69 Å². The molecule has 1 aromatic heterocycles. The van der Waals surface area contributed by atoms with E-state index in [1.54, 1.807) is 18.2 Å². The molecule has 110 valence electrons. The van der Waals surface area contributed by atoms with Gasteiger partial charge >= 0.3 is 0 Å². The molecule has 1 N–H and O–H groups in total. The van der Waals surface area contributed by atoms with Crippen molar-refractivity contribution in [2.24, 2.45) is 5.92 Å². The standard InChI is InChI=1S/C14H14BrN3O2S/c1-8(2)7-10-12(15)14(21)17-13(16-10)9-5-3-4-6-11(9)18(19)20/h3-6,8H,7H2,1-2H3,(H,16,17,21). The van der Waals surface area contributed by atoms with Crippen LogP contribution in [0.15, 0.2) is 28.7 Å². The van der Waals surface area contributed by atoms with Crippen molar-refractivity contribution in [2.75, 3.05) is 0 Å². The van der Waals surface area contributed by atoms with Gasteiger partial charge in [0.05, 0.1) is 15.0 Å². The van der Waals surface area contributed by atoms with Crippen molar-refractivity contribution >= 4 is 33.8 Å². The van der Waals surface area contributed by atoms with Crippen LogP contribution in [-0.4, -0.2) is 14.9 Å². The summed E-state index contributed by atoms with van der Waals surface area (Å²) in [6, 6.07) is 6.49. The van der Waals surface area contributed by atoms with Crippen molar-refractivity contribution < 1.29 is 4.92 Å². The summed E-state index contributed by atoms with van der Waals surface area (Å²) < 4.78 is 1.14. The Morgan fingerprint density at radius 1 is 1.43 bits per heavy atom. The third-order valence-corrected chi connectivity index (χ3v) is 4.32. The van der Waals surface area contributed by atoms with E-state index in [0.29, 0.717) is 21.9 Å². The maximum absolute atomic E-state index is 11.1. The van der Waals surface area contributed by atoms with Crippen LogP contribution in [0.2, 0.25) is 0 Å². The number of para-hydroxylation sites is 1. The molecular weight excluding hydrogens is 354 g/mol. The van der Waals surface area contributed by atoms with Gasteiger partial charge in [0, 0.05) is 11.8 Å². The normalized spacial score (nSPS) is 10.9. The minimum atomic E-state index is -0.419. The van der Waals surface area contributed by atoms with E-state index in [9.17, 15) is 10.1 Å². The van der Waals surface area contributed by atoms with Crippen LogP contribution < -0.4 is 0 Å². The van der Waals surface area contributed by atoms with Gasteiger partial charge in [0.15, 0.2) is 0 Å². The molecule has 0 spiro atoms. The number of aromatic amines is 1. The van der Waals surface area contributed by atoms with E-state index in [1.165, 1.54) is 6.07 Å². The van der Waals surface area contributed by atoms with Crippen molar-refractivity contribution in [3.63, 3.8) is 0 Å². The number of H-pyrrole nitrogens is 1. The predicted molar refractivity (Wildman–Crippen MR) is 87.8 cm³/mol. The fourth-order valence-electron chi connectivity index (χ4n) is 2.01. The first-order valence-corrected chi connectivity index (χ1v) is 7.62. The Bertz CT molecular complexity index is 743. The highest BCUT2D eigenvalue weighted by Gasteiger charge is 2.17. The first kappa shape index (κ1) is 15.8. The average molecular weight is 368 g/mol. The number of nitrogens with zero attached hydrogens (tertiary/aromatic N) is 2. The Hall–Kier alpha value is -1.60. The van der Waals surface area contributed by atoms with Gasteiger partial charge in [-0.1, -0.05) is 38.2 Å². The third-order valence-electron chi connectivity index (χ3n) is 2.90. The lowest BCUT2D eigenvalue weighted by Gasteiger charge is -2.10. The van der Waals surface area contributed by atoms with Gasteiger partial charge in [-0.2, -0.15) is 0 Å². The summed E-state index contributed by atoms with van der Waals surface area (Å²) in [7, 11) is 0. The monoisotopic (exact) mass is 367 g/mol. The summed E-state index contributed by atoms with van der Waals surface area (Å²) in [6.07, 6.45) is 0.778. The predicted octanol–water partition coefficient (Wildman–Crippen LogP) is 4.68. The molecule has 21 heavy (non-hydrogen) atoms. The zero-order valence-electron chi connectivity index (χ0n) is 11.6. The minimum absolute atomic E-state index is 0.00784. The molecule has 7 heteroatoms. The number of aromatic nitrogens is 2. The van der Waals surface area contributed by atoms with Crippen LogP contribution in [0.3, 0.4) is 0 Å². The van der Waals surface area contributed by atoms with Gasteiger partial charge in [-0.05, 0) is 34.3 Å². The molecule has 0 saturated heterocycles. The van der Waals surface area contributed by atoms with Gasteiger partial charge in [-0.3, -0.25) is 10.1 Å². The van der Waals surface area contributed by atoms with Crippen molar-refractivity contribution in [3.8, 4) is 11.4 Å². The molecule has 1 aromatic carbocycles. The zero-order valence-corrected chi connectivity index (χ0v) is 14.0. The van der Waals surface area contributed by atoms with Crippen molar-refractivity contribution in [1.82, 2.24) is 9.97 Å². The molecule has 0 saturated carbocycles. The van der Waals surface area contributed by atoms with Gasteiger partial charge in [0.1, 0.15) is 10.5 Å². The highest BCUT2D eigenvalue weighted by Crippen LogP contribution is 2.29. The Kier molecular flexibility index (Phi) is 4.84. The molecule has 0 amide bonds. The highest BCUT2D eigenvalue weighted by molar-refractivity contribution is 9.10. The fraction of sp³-hybridized carbons (Fsp3) is 0.286. The number of halogens is 1. The Morgan fingerprint density at radius 3 is 2.71 bits per heavy atom. The molecule has 1 heterocycles. The molecule has 2 rings (SSSR count). The van der Waals surface area contributed by atoms with E-state index in [0.717, 1.165) is 16.6 Å². The molecule has 0 radical (unpaired) electrons. The van der Waals surface area contributed by atoms with Crippen molar-refractivity contribution in [2.45, 2.75) is 20.3 Å². The van der Waals surface area contributed by atoms with Gasteiger partial charge in [0.2, 0.25) is 0 Å². The number of nitro groups is 1. The second-order valence-electron chi connectivity index (χ2n) is 5.06. The van der Waals surface area contributed by atoms with Crippen LogP contribution >= 0.6 is 28.1 Å². The molecule has 0 atom stereocenters. The molecule has 5 nitrogen and oxygen atoms in total. The average Bonchev–Trinajstić information content (AvgIpc) is 2.43. The Labute approximate surface area is 135 Å². The first-order chi connectivity index (χ1) is 9.90. The Morgan fingerprint density at radius 2 is 2.10 bits per heavy atom. The number of benzene rings is 1. The molecule has 0 aliphatic heterocycles. The lowest BCUT2D eigenvalue weighted by atomic mass is 10.1. The molecule has 0 bridgehead atoms. The topological polar surface area (TPSA) is 71.8 Å². The van der Waals surface area contributed by atoms with Crippen LogP contribution in [0.25, 0.3) is 11.4 Å². The second kappa shape index (κ2) is 6.44. The lowest BCUT2D eigenvalue weighted by Crippen LogP contribution is -2.03. The number of rotatable bonds is 4. The van der Waals surface area contributed by atoms with Gasteiger partial charge in [-0.15, -0.1) is 0 Å². The smallest absolute Gasteiger partial charge is 0.280 e. The number of hydrogen-bond donors (Lipinski definition) is 1. The van der Waals surface area contributed by atoms with E-state index in [4.69, 9.17) is 12.2 Å². The summed E-state index contributed by atoms with van der Waals surface area (Å²) in [5.74, 6) is 0.846. The number of nitrogens with one attached hydrogen (secondary N) is 1. The first-order valence-electron chi connectivity index (χ1n) is 6.42. The molecule has 2 aromatic rings. The van der Waals surface area contributed by atoms with Crippen LogP contribution in [0.5, 0.6) is 0 Å². The lowest BCUT2D eigenvalue weighted by molar-refractivity contribution is -0.384. The van der Waals surface area contributed by atoms with E-state index in [1.807, 2.05) is 0 Å². The molecule has 0 aliphatic carbocycles. The molecule has 0 fully saturated rings. The largest absolute Gasteiger partial charge is 0.342 e. The third kappa shape index (κ3) is 3.54. The van der Waals surface area contributed by atoms with E-state index in [2.05, 4.69) is 39.7 Å². The SMILES string of the molecule is CC(C)Cc1[nH]c(-c2ccccc2[N+](=O)[O-])nc(=S)c1Br. The van der Waals surface area contributed by atoms with E-state index in [-0.39, 0.29) is 5.69 Å². The summed E-state index contributed by atoms with van der Waals surface area (Å²) in [4.78, 5) is 18.1. The van der Waals surface area contributed by atoms with E-state index < -0.39 is 4.92 Å². The molecule has 0 unspecified atom stereocenters. The minimum Gasteiger partial charge on any atom is -0.342 e. The van der Waals surface area contributed by atoms with Crippen LogP contribution in [0.4, 0.5) is 5.69 Å². The van der Waals surface area contributed by atoms with Crippen LogP contribution in [0, 0.1) is 20.7 Å². The van der Waals surface area contributed by atoms with Crippen LogP contribution in [-0.2, 0) is 6.42 Å². The second-order valence-corrected chi connectivity index (χ2v) is 6.24. The summed E-state index contributed by atoms with van der Waals surface area (Å²) in [6.45, 7) is 4.18. The van der Waals surface area contributed by atoms with Gasteiger partial charge < -0.3 is 4.98 Å². The summed E-state index contributed by atoms with van der Waals surface area (Å²) >= 11 is 8.67. The maximum Gasteiger partial charge on any atom is 0.280 e. The molecular formula is C14H14BrN3O2S. The van der Waals surface area contributed by atoms with E-state index >= 15 is 0 Å². The molecule has 0 aliphatic rings. The zero-order chi connectivity index (χ0) is 15.6. The van der Waals surface area contributed by atoms with Crippen molar-refractivity contribution in [3.05, 3.63) is 49.2 Å². The fourth-order valence-corrected chi connectivity index (χ4v) is 2.58. The number of hydrogen-bond acceptors (Lipinski definition) is 4. The maximum atomic E-state index is 11.1. The number of nitro benzene ring substituents is 1. The summed E-state index contributed by atoms with van der Waals surface area (Å²) in [5, 5.41) is 11.1. The highest BCUT2D eigenvalue weighted by atomic mass is 79.9. The van der Waals surface area contributed by atoms with Gasteiger partial charge in [-0.25, -0.2) is 4.98 Å². The quantitative estimate of drug-likeness (QED) is 0.483. The van der Waals surface area contributed by atoms with Crippen molar-refractivity contribution in [1.29, 1.82) is 0 Å².